The van der Waals surface area contributed by atoms with E-state index in [1.807, 2.05) is 0 Å². The van der Waals surface area contributed by atoms with Crippen molar-refractivity contribution >= 4 is 5.78 Å². The van der Waals surface area contributed by atoms with E-state index in [-0.39, 0.29) is 5.78 Å². The summed E-state index contributed by atoms with van der Waals surface area (Å²) in [5.41, 5.74) is 1.17. The Morgan fingerprint density at radius 3 is 2.71 bits per heavy atom. The standard InChI is InChI=1S/C12H19NO/c1-2-12(9-4-3-5-9)13-10-6-7-11(14)8-10/h8-9,12-13H,2-7H2,1H3. The molecule has 14 heavy (non-hydrogen) atoms. The van der Waals surface area contributed by atoms with Gasteiger partial charge in [-0.3, -0.25) is 4.79 Å². The number of nitrogens with one attached hydrogen (secondary N) is 1. The maximum Gasteiger partial charge on any atom is 0.157 e. The van der Waals surface area contributed by atoms with Gasteiger partial charge in [-0.2, -0.15) is 0 Å². The van der Waals surface area contributed by atoms with Crippen LogP contribution in [-0.4, -0.2) is 11.8 Å². The molecule has 1 saturated carbocycles. The Bertz CT molecular complexity index is 253. The first-order chi connectivity index (χ1) is 6.79. The van der Waals surface area contributed by atoms with Crippen LogP contribution in [0.1, 0.15) is 45.4 Å². The Hall–Kier alpha value is -0.790. The van der Waals surface area contributed by atoms with Crippen LogP contribution in [0, 0.1) is 5.92 Å². The first-order valence-electron chi connectivity index (χ1n) is 5.79. The second-order valence-corrected chi connectivity index (χ2v) is 4.49. The molecule has 0 aromatic heterocycles. The fourth-order valence-corrected chi connectivity index (χ4v) is 2.34. The van der Waals surface area contributed by atoms with Crippen LogP contribution < -0.4 is 5.32 Å². The van der Waals surface area contributed by atoms with Gasteiger partial charge in [-0.1, -0.05) is 13.3 Å². The van der Waals surface area contributed by atoms with Crippen molar-refractivity contribution in [1.29, 1.82) is 0 Å². The fraction of sp³-hybridized carbons (Fsp3) is 0.750. The Balaban J connectivity index is 1.87. The van der Waals surface area contributed by atoms with Crippen molar-refractivity contribution in [3.05, 3.63) is 11.8 Å². The summed E-state index contributed by atoms with van der Waals surface area (Å²) in [6.45, 7) is 2.23. The van der Waals surface area contributed by atoms with Gasteiger partial charge in [0.15, 0.2) is 5.78 Å². The first-order valence-corrected chi connectivity index (χ1v) is 5.79. The van der Waals surface area contributed by atoms with Crippen molar-refractivity contribution < 1.29 is 4.79 Å². The fourth-order valence-electron chi connectivity index (χ4n) is 2.34. The van der Waals surface area contributed by atoms with Crippen LogP contribution in [0.5, 0.6) is 0 Å². The maximum absolute atomic E-state index is 11.1. The monoisotopic (exact) mass is 193 g/mol. The lowest BCUT2D eigenvalue weighted by Gasteiger charge is -2.34. The van der Waals surface area contributed by atoms with Gasteiger partial charge in [-0.05, 0) is 31.6 Å². The molecular weight excluding hydrogens is 174 g/mol. The molecule has 0 spiro atoms. The van der Waals surface area contributed by atoms with Crippen LogP contribution in [0.25, 0.3) is 0 Å². The van der Waals surface area contributed by atoms with E-state index in [2.05, 4.69) is 12.2 Å². The number of hydrogen-bond donors (Lipinski definition) is 1. The zero-order valence-corrected chi connectivity index (χ0v) is 8.88. The second-order valence-electron chi connectivity index (χ2n) is 4.49. The minimum absolute atomic E-state index is 0.288. The molecular formula is C12H19NO. The molecule has 0 aromatic carbocycles. The lowest BCUT2D eigenvalue weighted by atomic mass is 9.78. The molecule has 1 atom stereocenters. The van der Waals surface area contributed by atoms with Gasteiger partial charge >= 0.3 is 0 Å². The van der Waals surface area contributed by atoms with E-state index in [0.717, 1.165) is 12.3 Å². The van der Waals surface area contributed by atoms with Crippen LogP contribution in [0.2, 0.25) is 0 Å². The summed E-state index contributed by atoms with van der Waals surface area (Å²) in [5.74, 6) is 1.15. The molecule has 2 heteroatoms. The third-order valence-corrected chi connectivity index (χ3v) is 3.51. The topological polar surface area (TPSA) is 29.1 Å². The van der Waals surface area contributed by atoms with Crippen molar-refractivity contribution in [2.75, 3.05) is 0 Å². The number of allylic oxidation sites excluding steroid dienone is 2. The molecule has 2 nitrogen and oxygen atoms in total. The van der Waals surface area contributed by atoms with Crippen LogP contribution >= 0.6 is 0 Å². The first kappa shape index (κ1) is 9.75. The summed E-state index contributed by atoms with van der Waals surface area (Å²) >= 11 is 0. The molecule has 1 unspecified atom stereocenters. The highest BCUT2D eigenvalue weighted by molar-refractivity contribution is 5.92. The lowest BCUT2D eigenvalue weighted by Crippen LogP contribution is -2.38. The van der Waals surface area contributed by atoms with Crippen LogP contribution in [0.3, 0.4) is 0 Å². The summed E-state index contributed by atoms with van der Waals surface area (Å²) in [6.07, 6.45) is 8.74. The van der Waals surface area contributed by atoms with E-state index in [1.165, 1.54) is 31.4 Å². The molecule has 0 heterocycles. The highest BCUT2D eigenvalue weighted by Crippen LogP contribution is 2.31. The molecule has 0 amide bonds. The smallest absolute Gasteiger partial charge is 0.157 e. The average molecular weight is 193 g/mol. The van der Waals surface area contributed by atoms with Gasteiger partial charge in [0, 0.05) is 24.2 Å². The molecule has 0 bridgehead atoms. The molecule has 1 fully saturated rings. The largest absolute Gasteiger partial charge is 0.385 e. The van der Waals surface area contributed by atoms with Crippen LogP contribution in [0.4, 0.5) is 0 Å². The Kier molecular flexibility index (Phi) is 2.90. The third kappa shape index (κ3) is 1.99. The third-order valence-electron chi connectivity index (χ3n) is 3.51. The van der Waals surface area contributed by atoms with Gasteiger partial charge in [0.2, 0.25) is 0 Å². The average Bonchev–Trinajstić information content (AvgIpc) is 2.47. The van der Waals surface area contributed by atoms with E-state index in [1.54, 1.807) is 6.08 Å². The highest BCUT2D eigenvalue weighted by Gasteiger charge is 2.27. The number of rotatable bonds is 4. The summed E-state index contributed by atoms with van der Waals surface area (Å²) in [7, 11) is 0. The summed E-state index contributed by atoms with van der Waals surface area (Å²) in [4.78, 5) is 11.1. The van der Waals surface area contributed by atoms with Crippen molar-refractivity contribution in [1.82, 2.24) is 5.32 Å². The van der Waals surface area contributed by atoms with E-state index < -0.39 is 0 Å². The quantitative estimate of drug-likeness (QED) is 0.742. The highest BCUT2D eigenvalue weighted by atomic mass is 16.1. The lowest BCUT2D eigenvalue weighted by molar-refractivity contribution is -0.114. The normalized spacial score (nSPS) is 24.4. The van der Waals surface area contributed by atoms with Gasteiger partial charge in [-0.25, -0.2) is 0 Å². The predicted molar refractivity (Wildman–Crippen MR) is 56.9 cm³/mol. The molecule has 0 aliphatic heterocycles. The maximum atomic E-state index is 11.1. The minimum atomic E-state index is 0.288. The van der Waals surface area contributed by atoms with Crippen molar-refractivity contribution in [2.24, 2.45) is 5.92 Å². The van der Waals surface area contributed by atoms with E-state index in [4.69, 9.17) is 0 Å². The van der Waals surface area contributed by atoms with Gasteiger partial charge < -0.3 is 5.32 Å². The van der Waals surface area contributed by atoms with Crippen molar-refractivity contribution in [3.8, 4) is 0 Å². The number of hydrogen-bond acceptors (Lipinski definition) is 2. The Morgan fingerprint density at radius 1 is 1.50 bits per heavy atom. The zero-order valence-electron chi connectivity index (χ0n) is 8.88. The zero-order chi connectivity index (χ0) is 9.97. The van der Waals surface area contributed by atoms with Gasteiger partial charge in [0.1, 0.15) is 0 Å². The van der Waals surface area contributed by atoms with Gasteiger partial charge in [0.05, 0.1) is 0 Å². The number of carbonyl (C=O) groups is 1. The SMILES string of the molecule is CCC(NC1=CC(=O)CC1)C1CCC1. The van der Waals surface area contributed by atoms with Crippen molar-refractivity contribution in [2.45, 2.75) is 51.5 Å². The Labute approximate surface area is 85.8 Å². The molecule has 2 rings (SSSR count). The second kappa shape index (κ2) is 4.16. The molecule has 78 valence electrons. The van der Waals surface area contributed by atoms with E-state index in [9.17, 15) is 4.79 Å². The summed E-state index contributed by atoms with van der Waals surface area (Å²) in [5, 5.41) is 3.54. The molecule has 2 aliphatic carbocycles. The summed E-state index contributed by atoms with van der Waals surface area (Å²) in [6, 6.07) is 0.612. The minimum Gasteiger partial charge on any atom is -0.385 e. The molecule has 1 N–H and O–H groups in total. The molecule has 2 aliphatic rings. The number of carbonyl (C=O) groups excluding carboxylic acids is 1. The number of ketones is 1. The molecule has 0 aromatic rings. The van der Waals surface area contributed by atoms with Gasteiger partial charge in [-0.15, -0.1) is 0 Å². The molecule has 0 saturated heterocycles. The summed E-state index contributed by atoms with van der Waals surface area (Å²) < 4.78 is 0. The van der Waals surface area contributed by atoms with E-state index >= 15 is 0 Å². The van der Waals surface area contributed by atoms with Crippen LogP contribution in [0.15, 0.2) is 11.8 Å². The van der Waals surface area contributed by atoms with Crippen molar-refractivity contribution in [3.63, 3.8) is 0 Å². The molecule has 0 radical (unpaired) electrons. The predicted octanol–water partition coefficient (Wildman–Crippen LogP) is 2.40. The Morgan fingerprint density at radius 2 is 2.29 bits per heavy atom. The van der Waals surface area contributed by atoms with Crippen LogP contribution in [-0.2, 0) is 4.79 Å². The van der Waals surface area contributed by atoms with E-state index in [0.29, 0.717) is 12.5 Å². The van der Waals surface area contributed by atoms with Gasteiger partial charge in [0.25, 0.3) is 0 Å².